The van der Waals surface area contributed by atoms with Crippen LogP contribution >= 0.6 is 0 Å². The summed E-state index contributed by atoms with van der Waals surface area (Å²) >= 11 is -1.96. The first kappa shape index (κ1) is 32.2. The lowest BCUT2D eigenvalue weighted by atomic mass is 9.85. The number of hydrogen-bond donors (Lipinski definition) is 2. The van der Waals surface area contributed by atoms with Gasteiger partial charge in [-0.3, -0.25) is 9.10 Å². The second-order valence-corrected chi connectivity index (χ2v) is 13.4. The highest BCUT2D eigenvalue weighted by Crippen LogP contribution is 2.41. The molecule has 1 aromatic rings. The summed E-state index contributed by atoms with van der Waals surface area (Å²) in [7, 11) is 1.40. The van der Waals surface area contributed by atoms with Gasteiger partial charge in [0.1, 0.15) is 17.7 Å². The van der Waals surface area contributed by atoms with Gasteiger partial charge in [0, 0.05) is 24.4 Å². The van der Waals surface area contributed by atoms with Crippen molar-refractivity contribution in [1.82, 2.24) is 9.62 Å². The van der Waals surface area contributed by atoms with Crippen LogP contribution in [0.15, 0.2) is 12.1 Å². The number of amides is 1. The lowest BCUT2D eigenvalue weighted by Crippen LogP contribution is -2.48. The van der Waals surface area contributed by atoms with Crippen LogP contribution in [0.25, 0.3) is 0 Å². The zero-order chi connectivity index (χ0) is 30.4. The van der Waals surface area contributed by atoms with Crippen molar-refractivity contribution in [3.05, 3.63) is 23.5 Å². The van der Waals surface area contributed by atoms with E-state index in [9.17, 15) is 23.7 Å². The largest absolute Gasteiger partial charge is 0.506 e. The number of carbonyl (C=O) groups is 3. The fourth-order valence-corrected chi connectivity index (χ4v) is 6.47. The summed E-state index contributed by atoms with van der Waals surface area (Å²) in [5.74, 6) is -1.65. The summed E-state index contributed by atoms with van der Waals surface area (Å²) in [5, 5.41) is 10.5. The standard InChI is InChI=1S/C30H44FN3O7S/c1-19(2)29(40-28(37)21-7-5-8-21)41-30(38)33-18-22(12-13-23(33)9-4-6-20-10-11-20)24-14-15-25(36)27(26(24)31)34(16-17-35)42(39)32-3/h14-15,17,19-23,29,32,36H,4-13,16,18H2,1-3H3. The van der Waals surface area contributed by atoms with Gasteiger partial charge in [-0.15, -0.1) is 0 Å². The highest BCUT2D eigenvalue weighted by atomic mass is 32.2. The molecule has 0 bridgehead atoms. The third kappa shape index (κ3) is 7.80. The minimum Gasteiger partial charge on any atom is -0.506 e. The minimum atomic E-state index is -1.96. The molecule has 2 saturated carbocycles. The average molecular weight is 610 g/mol. The van der Waals surface area contributed by atoms with Crippen LogP contribution in [0, 0.1) is 23.6 Å². The fraction of sp³-hybridized carbons (Fsp3) is 0.700. The number of aromatic hydroxyl groups is 1. The Bertz CT molecular complexity index is 1140. The minimum absolute atomic E-state index is 0.106. The van der Waals surface area contributed by atoms with Gasteiger partial charge in [0.05, 0.1) is 12.5 Å². The smallest absolute Gasteiger partial charge is 0.413 e. The molecule has 1 aromatic carbocycles. The molecule has 234 valence electrons. The Hall–Kier alpha value is -2.73. The van der Waals surface area contributed by atoms with Gasteiger partial charge in [-0.25, -0.2) is 18.1 Å². The number of aldehydes is 1. The fourth-order valence-electron chi connectivity index (χ4n) is 5.71. The summed E-state index contributed by atoms with van der Waals surface area (Å²) < 4.78 is 43.4. The summed E-state index contributed by atoms with van der Waals surface area (Å²) in [6, 6.07) is 2.68. The van der Waals surface area contributed by atoms with Gasteiger partial charge >= 0.3 is 12.1 Å². The highest BCUT2D eigenvalue weighted by Gasteiger charge is 2.38. The van der Waals surface area contributed by atoms with E-state index in [1.54, 1.807) is 4.90 Å². The predicted octanol–water partition coefficient (Wildman–Crippen LogP) is 4.93. The van der Waals surface area contributed by atoms with Crippen molar-refractivity contribution in [2.45, 2.75) is 96.3 Å². The van der Waals surface area contributed by atoms with Crippen LogP contribution < -0.4 is 9.03 Å². The number of esters is 1. The van der Waals surface area contributed by atoms with E-state index in [0.29, 0.717) is 19.1 Å². The molecule has 1 saturated heterocycles. The number of anilines is 1. The first-order valence-corrected chi connectivity index (χ1v) is 16.2. The Balaban J connectivity index is 1.55. The third-order valence-corrected chi connectivity index (χ3v) is 9.73. The van der Waals surface area contributed by atoms with Crippen molar-refractivity contribution in [3.63, 3.8) is 0 Å². The number of phenols is 1. The molecule has 2 N–H and O–H groups in total. The maximum absolute atomic E-state index is 16.0. The molecule has 0 radical (unpaired) electrons. The van der Waals surface area contributed by atoms with Crippen LogP contribution in [0.4, 0.5) is 14.9 Å². The number of phenolic OH excluding ortho intramolecular Hbond substituents is 1. The topological polar surface area (TPSA) is 125 Å². The zero-order valence-corrected chi connectivity index (χ0v) is 25.6. The Kier molecular flexibility index (Phi) is 11.2. The van der Waals surface area contributed by atoms with E-state index in [1.165, 1.54) is 32.0 Å². The van der Waals surface area contributed by atoms with Gasteiger partial charge in [-0.2, -0.15) is 0 Å². The maximum Gasteiger partial charge on any atom is 0.413 e. The van der Waals surface area contributed by atoms with E-state index >= 15 is 4.39 Å². The normalized spacial score (nSPS) is 22.3. The number of halogens is 1. The monoisotopic (exact) mass is 609 g/mol. The number of piperidine rings is 1. The summed E-state index contributed by atoms with van der Waals surface area (Å²) in [4.78, 5) is 39.1. The molecule has 4 rings (SSSR count). The molecule has 3 fully saturated rings. The van der Waals surface area contributed by atoms with Gasteiger partial charge < -0.3 is 24.3 Å². The average Bonchev–Trinajstić information content (AvgIpc) is 3.75. The molecule has 12 heteroatoms. The zero-order valence-electron chi connectivity index (χ0n) is 24.8. The van der Waals surface area contributed by atoms with E-state index in [2.05, 4.69) is 4.72 Å². The van der Waals surface area contributed by atoms with Gasteiger partial charge in [0.2, 0.25) is 0 Å². The number of ether oxygens (including phenoxy) is 2. The Morgan fingerprint density at radius 2 is 1.90 bits per heavy atom. The second-order valence-electron chi connectivity index (χ2n) is 12.0. The van der Waals surface area contributed by atoms with Crippen molar-refractivity contribution in [2.75, 3.05) is 24.4 Å². The number of carbonyl (C=O) groups excluding carboxylic acids is 3. The number of rotatable bonds is 14. The number of nitrogens with zero attached hydrogens (tertiary/aromatic N) is 2. The molecule has 4 unspecified atom stereocenters. The molecule has 42 heavy (non-hydrogen) atoms. The molecule has 4 atom stereocenters. The summed E-state index contributed by atoms with van der Waals surface area (Å²) in [6.07, 6.45) is 7.99. The Morgan fingerprint density at radius 1 is 1.17 bits per heavy atom. The molecule has 1 amide bonds. The Labute approximate surface area is 250 Å². The van der Waals surface area contributed by atoms with Crippen molar-refractivity contribution in [3.8, 4) is 5.75 Å². The molecule has 1 heterocycles. The Morgan fingerprint density at radius 3 is 2.50 bits per heavy atom. The lowest BCUT2D eigenvalue weighted by molar-refractivity contribution is -0.184. The molecule has 0 aromatic heterocycles. The molecule has 0 spiro atoms. The van der Waals surface area contributed by atoms with Crippen LogP contribution in [0.1, 0.15) is 89.5 Å². The van der Waals surface area contributed by atoms with E-state index in [1.807, 2.05) is 13.8 Å². The quantitative estimate of drug-likeness (QED) is 0.174. The SMILES string of the molecule is CNS(=O)N(CC=O)c1c(O)ccc(C2CCC(CCCC3CC3)N(C(=O)OC(OC(=O)C3CCC3)C(C)C)C2)c1F. The molecule has 3 aliphatic rings. The van der Waals surface area contributed by atoms with Crippen molar-refractivity contribution in [1.29, 1.82) is 0 Å². The molecule has 10 nitrogen and oxygen atoms in total. The second kappa shape index (κ2) is 14.6. The first-order valence-electron chi connectivity index (χ1n) is 15.1. The lowest BCUT2D eigenvalue weighted by Gasteiger charge is -2.40. The molecular weight excluding hydrogens is 565 g/mol. The predicted molar refractivity (Wildman–Crippen MR) is 156 cm³/mol. The van der Waals surface area contributed by atoms with Crippen LogP contribution in [-0.4, -0.2) is 65.0 Å². The van der Waals surface area contributed by atoms with Crippen molar-refractivity contribution >= 4 is 35.2 Å². The van der Waals surface area contributed by atoms with Crippen molar-refractivity contribution < 1.29 is 37.6 Å². The van der Waals surface area contributed by atoms with Gasteiger partial charge in [0.15, 0.2) is 17.0 Å². The number of likely N-dealkylation sites (tertiary alicyclic amines) is 1. The molecule has 2 aliphatic carbocycles. The van der Waals surface area contributed by atoms with Crippen LogP contribution in [-0.2, 0) is 30.2 Å². The summed E-state index contributed by atoms with van der Waals surface area (Å²) in [6.45, 7) is 3.42. The van der Waals surface area contributed by atoms with Crippen LogP contribution in [0.5, 0.6) is 5.75 Å². The molecular formula is C30H44FN3O7S. The van der Waals surface area contributed by atoms with Gasteiger partial charge in [-0.05, 0) is 56.7 Å². The highest BCUT2D eigenvalue weighted by molar-refractivity contribution is 7.84. The number of nitrogens with one attached hydrogen (secondary N) is 1. The number of hydrogen-bond acceptors (Lipinski definition) is 7. The van der Waals surface area contributed by atoms with Crippen LogP contribution in [0.3, 0.4) is 0 Å². The first-order chi connectivity index (χ1) is 20.1. The van der Waals surface area contributed by atoms with Gasteiger partial charge in [0.25, 0.3) is 6.29 Å². The van der Waals surface area contributed by atoms with E-state index in [4.69, 9.17) is 9.47 Å². The van der Waals surface area contributed by atoms with E-state index in [-0.39, 0.29) is 41.6 Å². The maximum atomic E-state index is 16.0. The van der Waals surface area contributed by atoms with Gasteiger partial charge in [-0.1, -0.05) is 52.0 Å². The number of benzene rings is 1. The third-order valence-electron chi connectivity index (χ3n) is 8.65. The van der Waals surface area contributed by atoms with E-state index < -0.39 is 47.6 Å². The molecule has 1 aliphatic heterocycles. The summed E-state index contributed by atoms with van der Waals surface area (Å²) in [5.41, 5.74) is -0.0893. The van der Waals surface area contributed by atoms with Crippen molar-refractivity contribution in [2.24, 2.45) is 17.8 Å². The van der Waals surface area contributed by atoms with Crippen LogP contribution in [0.2, 0.25) is 0 Å². The van der Waals surface area contributed by atoms with E-state index in [0.717, 1.165) is 48.7 Å².